The largest absolute Gasteiger partial charge is 0.453 e. The number of rotatable bonds is 12. The topological polar surface area (TPSA) is 107 Å². The average Bonchev–Trinajstić information content (AvgIpc) is 3.51. The molecule has 1 amide bonds. The van der Waals surface area contributed by atoms with E-state index in [9.17, 15) is 14.7 Å². The minimum atomic E-state index is -0.854. The van der Waals surface area contributed by atoms with Gasteiger partial charge < -0.3 is 29.4 Å². The number of nitrogens with zero attached hydrogens (tertiary/aromatic N) is 1. The Morgan fingerprint density at radius 1 is 1.00 bits per heavy atom. The number of aliphatic hydroxyl groups excluding tert-OH is 1. The van der Waals surface area contributed by atoms with E-state index < -0.39 is 18.4 Å². The number of hydrogen-bond acceptors (Lipinski definition) is 8. The highest BCUT2D eigenvalue weighted by molar-refractivity contribution is 5.82. The zero-order valence-corrected chi connectivity index (χ0v) is 27.2. The van der Waals surface area contributed by atoms with Gasteiger partial charge in [-0.1, -0.05) is 67.6 Å². The average molecular weight is 631 g/mol. The molecular formula is C37H46N2O7. The number of amides is 1. The second kappa shape index (κ2) is 15.8. The molecule has 3 aromatic rings. The van der Waals surface area contributed by atoms with Crippen molar-refractivity contribution in [2.75, 3.05) is 26.8 Å². The standard InChI is InChI=1S/C37H46N2O7/c1-24-34(21-39-17-7-12-33(39)23-43-4)45-37(46-35(24)29-15-13-27(22-40)14-16-29)32-11-6-10-31(19-32)30-9-5-8-28(18-30)20-38-36(42)25(2)44-26(3)41/h5-6,8-11,13-16,18-19,24-25,33-35,37,40H,7,12,17,20-23H2,1-4H3,(H,38,42)/t24-,25+,33+,34+,35+,37+/m1/s1. The molecule has 2 N–H and O–H groups in total. The van der Waals surface area contributed by atoms with E-state index >= 15 is 0 Å². The summed E-state index contributed by atoms with van der Waals surface area (Å²) in [6.45, 7) is 7.87. The van der Waals surface area contributed by atoms with E-state index in [0.29, 0.717) is 19.2 Å². The third-order valence-corrected chi connectivity index (χ3v) is 8.99. The first-order valence-corrected chi connectivity index (χ1v) is 16.1. The molecule has 0 bridgehead atoms. The normalized spacial score (nSPS) is 24.0. The summed E-state index contributed by atoms with van der Waals surface area (Å²) < 4.78 is 24.0. The molecule has 2 aliphatic heterocycles. The second-order valence-corrected chi connectivity index (χ2v) is 12.4. The maximum Gasteiger partial charge on any atom is 0.303 e. The summed E-state index contributed by atoms with van der Waals surface area (Å²) in [5, 5.41) is 12.4. The van der Waals surface area contributed by atoms with Crippen LogP contribution >= 0.6 is 0 Å². The van der Waals surface area contributed by atoms with Gasteiger partial charge in [-0.3, -0.25) is 14.5 Å². The Labute approximate surface area is 271 Å². The van der Waals surface area contributed by atoms with Crippen LogP contribution in [0.4, 0.5) is 0 Å². The van der Waals surface area contributed by atoms with E-state index in [1.54, 1.807) is 14.0 Å². The second-order valence-electron chi connectivity index (χ2n) is 12.4. The lowest BCUT2D eigenvalue weighted by Crippen LogP contribution is -2.46. The lowest BCUT2D eigenvalue weighted by atomic mass is 9.89. The SMILES string of the molecule is COC[C@@H]1CCCN1C[C@@H]1O[C@H](c2cccc(-c3cccc(CNC(=O)[C@H](C)OC(C)=O)c3)c2)O[C@H](c2ccc(CO)cc2)[C@@H]1C. The maximum absolute atomic E-state index is 12.4. The molecule has 9 nitrogen and oxygen atoms in total. The molecule has 0 unspecified atom stereocenters. The molecule has 246 valence electrons. The van der Waals surface area contributed by atoms with E-state index in [-0.39, 0.29) is 30.6 Å². The first kappa shape index (κ1) is 33.8. The molecule has 46 heavy (non-hydrogen) atoms. The highest BCUT2D eigenvalue weighted by atomic mass is 16.7. The van der Waals surface area contributed by atoms with Crippen LogP contribution in [0.25, 0.3) is 11.1 Å². The molecule has 2 aliphatic rings. The Bertz CT molecular complexity index is 1460. The number of likely N-dealkylation sites (tertiary alicyclic amines) is 1. The Hall–Kier alpha value is -3.60. The van der Waals surface area contributed by atoms with Crippen molar-refractivity contribution in [3.05, 3.63) is 95.1 Å². The summed E-state index contributed by atoms with van der Waals surface area (Å²) >= 11 is 0. The van der Waals surface area contributed by atoms with Crippen LogP contribution in [-0.2, 0) is 41.7 Å². The summed E-state index contributed by atoms with van der Waals surface area (Å²) in [4.78, 5) is 26.1. The van der Waals surface area contributed by atoms with Crippen LogP contribution in [0.2, 0.25) is 0 Å². The maximum atomic E-state index is 12.4. The predicted molar refractivity (Wildman–Crippen MR) is 174 cm³/mol. The van der Waals surface area contributed by atoms with Crippen LogP contribution in [0, 0.1) is 5.92 Å². The van der Waals surface area contributed by atoms with Gasteiger partial charge in [-0.05, 0) is 66.3 Å². The molecule has 5 rings (SSSR count). The number of hydrogen-bond donors (Lipinski definition) is 2. The van der Waals surface area contributed by atoms with Crippen LogP contribution in [-0.4, -0.2) is 66.9 Å². The fourth-order valence-electron chi connectivity index (χ4n) is 6.44. The van der Waals surface area contributed by atoms with Gasteiger partial charge >= 0.3 is 5.97 Å². The molecule has 0 spiro atoms. The molecule has 0 radical (unpaired) electrons. The Kier molecular flexibility index (Phi) is 11.6. The van der Waals surface area contributed by atoms with Gasteiger partial charge in [-0.25, -0.2) is 0 Å². The van der Waals surface area contributed by atoms with E-state index in [4.69, 9.17) is 18.9 Å². The number of carbonyl (C=O) groups is 2. The van der Waals surface area contributed by atoms with Gasteiger partial charge in [-0.2, -0.15) is 0 Å². The van der Waals surface area contributed by atoms with Crippen molar-refractivity contribution in [1.82, 2.24) is 10.2 Å². The first-order valence-electron chi connectivity index (χ1n) is 16.1. The fourth-order valence-corrected chi connectivity index (χ4v) is 6.44. The molecule has 0 aromatic heterocycles. The van der Waals surface area contributed by atoms with Gasteiger partial charge in [0.05, 0.1) is 25.4 Å². The van der Waals surface area contributed by atoms with E-state index in [2.05, 4.69) is 29.3 Å². The highest BCUT2D eigenvalue weighted by Gasteiger charge is 2.40. The number of ether oxygens (including phenoxy) is 4. The van der Waals surface area contributed by atoms with Crippen molar-refractivity contribution in [3.63, 3.8) is 0 Å². The van der Waals surface area contributed by atoms with Crippen molar-refractivity contribution < 1.29 is 33.6 Å². The van der Waals surface area contributed by atoms with Gasteiger partial charge in [0.15, 0.2) is 12.4 Å². The smallest absolute Gasteiger partial charge is 0.303 e. The Balaban J connectivity index is 1.36. The van der Waals surface area contributed by atoms with Crippen molar-refractivity contribution in [2.24, 2.45) is 5.92 Å². The lowest BCUT2D eigenvalue weighted by Gasteiger charge is -2.43. The van der Waals surface area contributed by atoms with Gasteiger partial charge in [0.2, 0.25) is 0 Å². The van der Waals surface area contributed by atoms with Crippen LogP contribution < -0.4 is 5.32 Å². The summed E-state index contributed by atoms with van der Waals surface area (Å²) in [6, 6.07) is 24.6. The van der Waals surface area contributed by atoms with Crippen molar-refractivity contribution in [3.8, 4) is 11.1 Å². The zero-order chi connectivity index (χ0) is 32.6. The minimum absolute atomic E-state index is 0.000662. The summed E-state index contributed by atoms with van der Waals surface area (Å²) in [5.41, 5.74) is 5.78. The Morgan fingerprint density at radius 3 is 2.46 bits per heavy atom. The highest BCUT2D eigenvalue weighted by Crippen LogP contribution is 2.43. The molecule has 2 heterocycles. The van der Waals surface area contributed by atoms with Gasteiger partial charge in [0, 0.05) is 44.6 Å². The molecule has 0 saturated carbocycles. The monoisotopic (exact) mass is 630 g/mol. The number of methoxy groups -OCH3 is 1. The number of esters is 1. The van der Waals surface area contributed by atoms with Crippen LogP contribution in [0.15, 0.2) is 72.8 Å². The van der Waals surface area contributed by atoms with Crippen LogP contribution in [0.1, 0.15) is 68.3 Å². The van der Waals surface area contributed by atoms with E-state index in [0.717, 1.165) is 59.3 Å². The number of nitrogens with one attached hydrogen (secondary N) is 1. The van der Waals surface area contributed by atoms with Gasteiger partial charge in [-0.15, -0.1) is 0 Å². The first-order chi connectivity index (χ1) is 22.2. The van der Waals surface area contributed by atoms with Crippen LogP contribution in [0.5, 0.6) is 0 Å². The molecule has 2 fully saturated rings. The summed E-state index contributed by atoms with van der Waals surface area (Å²) in [7, 11) is 1.76. The minimum Gasteiger partial charge on any atom is -0.453 e. The fraction of sp³-hybridized carbons (Fsp3) is 0.459. The molecule has 0 aliphatic carbocycles. The van der Waals surface area contributed by atoms with E-state index in [1.165, 1.54) is 6.92 Å². The quantitative estimate of drug-likeness (QED) is 0.259. The molecular weight excluding hydrogens is 584 g/mol. The molecule has 2 saturated heterocycles. The number of carbonyl (C=O) groups excluding carboxylic acids is 2. The van der Waals surface area contributed by atoms with Gasteiger partial charge in [0.25, 0.3) is 5.91 Å². The van der Waals surface area contributed by atoms with E-state index in [1.807, 2.05) is 60.7 Å². The predicted octanol–water partition coefficient (Wildman–Crippen LogP) is 5.32. The van der Waals surface area contributed by atoms with Crippen molar-refractivity contribution in [1.29, 1.82) is 0 Å². The zero-order valence-electron chi connectivity index (χ0n) is 27.2. The third-order valence-electron chi connectivity index (χ3n) is 8.99. The molecule has 9 heteroatoms. The van der Waals surface area contributed by atoms with Crippen molar-refractivity contribution in [2.45, 2.75) is 77.4 Å². The molecule has 3 aromatic carbocycles. The van der Waals surface area contributed by atoms with Crippen LogP contribution in [0.3, 0.4) is 0 Å². The van der Waals surface area contributed by atoms with Gasteiger partial charge in [0.1, 0.15) is 0 Å². The summed E-state index contributed by atoms with van der Waals surface area (Å²) in [6.07, 6.45) is 0.590. The Morgan fingerprint density at radius 2 is 1.74 bits per heavy atom. The number of aliphatic hydroxyl groups is 1. The lowest BCUT2D eigenvalue weighted by molar-refractivity contribution is -0.276. The molecule has 6 atom stereocenters. The third kappa shape index (κ3) is 8.40. The number of benzene rings is 3. The van der Waals surface area contributed by atoms with Crippen molar-refractivity contribution >= 4 is 11.9 Å². The summed E-state index contributed by atoms with van der Waals surface area (Å²) in [5.74, 6) is -0.742.